The molecule has 0 amide bonds. The van der Waals surface area contributed by atoms with E-state index < -0.39 is 12.1 Å². The first kappa shape index (κ1) is 18.6. The smallest absolute Gasteiger partial charge is 0.308 e. The molecule has 0 unspecified atom stereocenters. The third kappa shape index (κ3) is 3.98. The van der Waals surface area contributed by atoms with Gasteiger partial charge in [0.15, 0.2) is 11.9 Å². The summed E-state index contributed by atoms with van der Waals surface area (Å²) in [6.45, 7) is 1.85. The minimum absolute atomic E-state index is 0.0831. The highest BCUT2D eigenvalue weighted by atomic mass is 35.5. The van der Waals surface area contributed by atoms with Crippen LogP contribution in [-0.2, 0) is 11.3 Å². The van der Waals surface area contributed by atoms with Crippen molar-refractivity contribution in [3.05, 3.63) is 50.1 Å². The van der Waals surface area contributed by atoms with E-state index in [0.29, 0.717) is 31.8 Å². The van der Waals surface area contributed by atoms with Crippen LogP contribution in [0.1, 0.15) is 25.3 Å². The molecule has 1 N–H and O–H groups in total. The zero-order valence-corrected chi connectivity index (χ0v) is 15.8. The second-order valence-corrected chi connectivity index (χ2v) is 7.27. The Morgan fingerprint density at radius 2 is 2.04 bits per heavy atom. The van der Waals surface area contributed by atoms with Gasteiger partial charge < -0.3 is 9.84 Å². The molecule has 0 aliphatic rings. The molecule has 0 radical (unpaired) electrons. The largest absolute Gasteiger partial charge is 0.481 e. The third-order valence-corrected chi connectivity index (χ3v) is 5.01. The van der Waals surface area contributed by atoms with Crippen molar-refractivity contribution in [2.45, 2.75) is 26.0 Å². The van der Waals surface area contributed by atoms with Crippen LogP contribution < -0.4 is 9.61 Å². The highest BCUT2D eigenvalue weighted by Crippen LogP contribution is 2.34. The van der Waals surface area contributed by atoms with Gasteiger partial charge in [-0.3, -0.25) is 14.2 Å². The van der Waals surface area contributed by atoms with Crippen molar-refractivity contribution in [1.82, 2.24) is 14.5 Å². The number of hydrogen-bond donors (Lipinski definition) is 1. The number of carbonyl (C=O) groups is 1. The highest BCUT2D eigenvalue weighted by molar-refractivity contribution is 7.16. The lowest BCUT2D eigenvalue weighted by atomic mass is 10.3. The standard InChI is InChI=1S/C16H13Cl2N3O4S/c1-8(15-19-6-9(17)7-20-15)25-12-5-13-11(4-10(12)18)21(16(24)26-13)3-2-14(22)23/h4-8H,2-3H2,1H3,(H,22,23)/t8-/m1/s1. The molecule has 3 rings (SSSR count). The molecule has 0 fully saturated rings. The fourth-order valence-corrected chi connectivity index (χ4v) is 3.58. The van der Waals surface area contributed by atoms with E-state index in [-0.39, 0.29) is 17.8 Å². The normalized spacial score (nSPS) is 12.3. The van der Waals surface area contributed by atoms with Gasteiger partial charge in [-0.25, -0.2) is 9.97 Å². The number of aliphatic carboxylic acids is 1. The Balaban J connectivity index is 1.90. The molecule has 7 nitrogen and oxygen atoms in total. The molecule has 1 aromatic carbocycles. The van der Waals surface area contributed by atoms with Gasteiger partial charge in [-0.05, 0) is 13.0 Å². The Morgan fingerprint density at radius 3 is 2.69 bits per heavy atom. The molecule has 0 bridgehead atoms. The molecule has 0 saturated heterocycles. The second kappa shape index (κ2) is 7.61. The molecular weight excluding hydrogens is 401 g/mol. The van der Waals surface area contributed by atoms with Crippen molar-refractivity contribution < 1.29 is 14.6 Å². The third-order valence-electron chi connectivity index (χ3n) is 3.58. The van der Waals surface area contributed by atoms with E-state index in [0.717, 1.165) is 11.3 Å². The number of rotatable bonds is 6. The van der Waals surface area contributed by atoms with Crippen LogP contribution in [0.15, 0.2) is 29.3 Å². The average Bonchev–Trinajstić information content (AvgIpc) is 2.88. The Kier molecular flexibility index (Phi) is 5.45. The number of ether oxygens (including phenoxy) is 1. The monoisotopic (exact) mass is 413 g/mol. The van der Waals surface area contributed by atoms with Crippen LogP contribution in [0.4, 0.5) is 0 Å². The molecule has 26 heavy (non-hydrogen) atoms. The average molecular weight is 414 g/mol. The van der Waals surface area contributed by atoms with Gasteiger partial charge in [0.05, 0.1) is 26.7 Å². The molecular formula is C16H13Cl2N3O4S. The van der Waals surface area contributed by atoms with Gasteiger partial charge in [-0.15, -0.1) is 0 Å². The first-order chi connectivity index (χ1) is 12.3. The van der Waals surface area contributed by atoms with Crippen LogP contribution >= 0.6 is 34.5 Å². The van der Waals surface area contributed by atoms with Gasteiger partial charge in [-0.2, -0.15) is 0 Å². The van der Waals surface area contributed by atoms with Crippen LogP contribution in [0, 0.1) is 0 Å². The summed E-state index contributed by atoms with van der Waals surface area (Å²) in [5, 5.41) is 9.55. The molecule has 3 aromatic rings. The summed E-state index contributed by atoms with van der Waals surface area (Å²) in [4.78, 5) is 30.9. The van der Waals surface area contributed by atoms with Gasteiger partial charge in [0, 0.05) is 25.0 Å². The molecule has 2 aromatic heterocycles. The zero-order chi connectivity index (χ0) is 18.8. The molecule has 10 heteroatoms. The first-order valence-electron chi connectivity index (χ1n) is 7.54. The highest BCUT2D eigenvalue weighted by Gasteiger charge is 2.16. The van der Waals surface area contributed by atoms with Gasteiger partial charge in [0.2, 0.25) is 0 Å². The SMILES string of the molecule is C[C@@H](Oc1cc2sc(=O)n(CCC(=O)O)c2cc1Cl)c1ncc(Cl)cn1. The summed E-state index contributed by atoms with van der Waals surface area (Å²) in [5.41, 5.74) is 0.578. The molecule has 0 aliphatic heterocycles. The maximum absolute atomic E-state index is 12.1. The lowest BCUT2D eigenvalue weighted by Gasteiger charge is -2.14. The topological polar surface area (TPSA) is 94.3 Å². The number of halogens is 2. The van der Waals surface area contributed by atoms with Crippen LogP contribution in [0.5, 0.6) is 5.75 Å². The van der Waals surface area contributed by atoms with E-state index in [1.165, 1.54) is 17.0 Å². The second-order valence-electron chi connectivity index (χ2n) is 5.43. The van der Waals surface area contributed by atoms with Gasteiger partial charge in [-0.1, -0.05) is 34.5 Å². The Bertz CT molecular complexity index is 1020. The summed E-state index contributed by atoms with van der Waals surface area (Å²) < 4.78 is 7.88. The fraction of sp³-hybridized carbons (Fsp3) is 0.250. The van der Waals surface area contributed by atoms with E-state index in [2.05, 4.69) is 9.97 Å². The van der Waals surface area contributed by atoms with Gasteiger partial charge >= 0.3 is 10.8 Å². The number of aryl methyl sites for hydroxylation is 1. The van der Waals surface area contributed by atoms with E-state index >= 15 is 0 Å². The van der Waals surface area contributed by atoms with Crippen molar-refractivity contribution in [3.8, 4) is 5.75 Å². The maximum Gasteiger partial charge on any atom is 0.308 e. The number of carboxylic acids is 1. The number of aromatic nitrogens is 3. The number of benzene rings is 1. The Hall–Kier alpha value is -2.16. The summed E-state index contributed by atoms with van der Waals surface area (Å²) in [7, 11) is 0. The Labute approximate surface area is 161 Å². The lowest BCUT2D eigenvalue weighted by Crippen LogP contribution is -2.15. The van der Waals surface area contributed by atoms with Crippen LogP contribution in [0.2, 0.25) is 10.0 Å². The minimum atomic E-state index is -0.973. The molecule has 1 atom stereocenters. The zero-order valence-electron chi connectivity index (χ0n) is 13.5. The van der Waals surface area contributed by atoms with Crippen molar-refractivity contribution in [2.24, 2.45) is 0 Å². The summed E-state index contributed by atoms with van der Waals surface area (Å²) in [6, 6.07) is 3.26. The Morgan fingerprint density at radius 1 is 1.35 bits per heavy atom. The van der Waals surface area contributed by atoms with Crippen molar-refractivity contribution in [1.29, 1.82) is 0 Å². The summed E-state index contributed by atoms with van der Waals surface area (Å²) in [6.07, 6.45) is 2.33. The molecule has 0 saturated carbocycles. The van der Waals surface area contributed by atoms with E-state index in [9.17, 15) is 9.59 Å². The molecule has 0 spiro atoms. The van der Waals surface area contributed by atoms with Crippen molar-refractivity contribution in [2.75, 3.05) is 0 Å². The van der Waals surface area contributed by atoms with Gasteiger partial charge in [0.1, 0.15) is 5.75 Å². The lowest BCUT2D eigenvalue weighted by molar-refractivity contribution is -0.137. The minimum Gasteiger partial charge on any atom is -0.481 e. The summed E-state index contributed by atoms with van der Waals surface area (Å²) in [5.74, 6) is -0.145. The number of hydrogen-bond acceptors (Lipinski definition) is 6. The predicted molar refractivity (Wildman–Crippen MR) is 99.4 cm³/mol. The summed E-state index contributed by atoms with van der Waals surface area (Å²) >= 11 is 13.1. The van der Waals surface area contributed by atoms with Crippen LogP contribution in [0.3, 0.4) is 0 Å². The predicted octanol–water partition coefficient (Wildman–Crippen LogP) is 3.77. The fourth-order valence-electron chi connectivity index (χ4n) is 2.35. The van der Waals surface area contributed by atoms with Crippen LogP contribution in [-0.4, -0.2) is 25.6 Å². The first-order valence-corrected chi connectivity index (χ1v) is 9.11. The van der Waals surface area contributed by atoms with Crippen molar-refractivity contribution in [3.63, 3.8) is 0 Å². The van der Waals surface area contributed by atoms with Gasteiger partial charge in [0.25, 0.3) is 0 Å². The van der Waals surface area contributed by atoms with E-state index in [4.69, 9.17) is 33.0 Å². The van der Waals surface area contributed by atoms with E-state index in [1.54, 1.807) is 19.1 Å². The van der Waals surface area contributed by atoms with E-state index in [1.807, 2.05) is 0 Å². The quantitative estimate of drug-likeness (QED) is 0.660. The molecule has 2 heterocycles. The van der Waals surface area contributed by atoms with Crippen molar-refractivity contribution >= 4 is 50.7 Å². The maximum atomic E-state index is 12.1. The molecule has 136 valence electrons. The number of nitrogens with zero attached hydrogens (tertiary/aromatic N) is 3. The molecule has 0 aliphatic carbocycles. The number of carboxylic acid groups (broad SMARTS) is 1. The number of fused-ring (bicyclic) bond motifs is 1. The number of thiazole rings is 1. The van der Waals surface area contributed by atoms with Crippen LogP contribution in [0.25, 0.3) is 10.2 Å².